The van der Waals surface area contributed by atoms with Gasteiger partial charge in [0, 0.05) is 5.41 Å². The van der Waals surface area contributed by atoms with E-state index in [1.165, 1.54) is 19.3 Å². The molecule has 0 aromatic heterocycles. The van der Waals surface area contributed by atoms with Gasteiger partial charge in [-0.05, 0) is 118 Å². The normalized spacial score (nSPS) is 50.2. The third-order valence-electron chi connectivity index (χ3n) is 12.3. The number of alkyl halides is 2. The Labute approximate surface area is 222 Å². The summed E-state index contributed by atoms with van der Waals surface area (Å²) in [5.41, 5.74) is -1.85. The van der Waals surface area contributed by atoms with Gasteiger partial charge in [0.05, 0.1) is 12.0 Å². The largest absolute Gasteiger partial charge is 0.465 e. The first-order chi connectivity index (χ1) is 17.7. The molecule has 9 aliphatic carbocycles. The van der Waals surface area contributed by atoms with Crippen LogP contribution in [-0.2, 0) is 29.2 Å². The molecule has 3 unspecified atom stereocenters. The topological polar surface area (TPSA) is 107 Å². The van der Waals surface area contributed by atoms with Gasteiger partial charge in [0.25, 0.3) is 0 Å². The second kappa shape index (κ2) is 7.92. The molecule has 9 saturated carbocycles. The van der Waals surface area contributed by atoms with Crippen LogP contribution in [0.3, 0.4) is 0 Å². The standard InChI is InChI=1S/C28H38F2O7S/c1-25(14-36-24(32)28(29,30)38(33,34)35)8-15-3-2-4-27(9-15,13-25)37-23(31)26-10-20-17-5-16-6-18(20)22(12-26)19(7-16)21(17)11-26/h15-22H,2-14H2,1H3,(H,33,34,35). The van der Waals surface area contributed by atoms with E-state index in [2.05, 4.69) is 0 Å². The van der Waals surface area contributed by atoms with Crippen molar-refractivity contribution in [2.75, 3.05) is 6.61 Å². The van der Waals surface area contributed by atoms with Crippen molar-refractivity contribution in [1.82, 2.24) is 0 Å². The van der Waals surface area contributed by atoms with E-state index in [9.17, 15) is 26.8 Å². The molecule has 0 heterocycles. The van der Waals surface area contributed by atoms with Crippen molar-refractivity contribution in [3.63, 3.8) is 0 Å². The summed E-state index contributed by atoms with van der Waals surface area (Å²) in [7, 11) is -5.92. The molecule has 9 rings (SSSR count). The Bertz CT molecular complexity index is 1110. The zero-order valence-corrected chi connectivity index (χ0v) is 22.7. The fraction of sp³-hybridized carbons (Fsp3) is 0.929. The second-order valence-electron chi connectivity index (χ2n) is 14.7. The first-order valence-electron chi connectivity index (χ1n) is 14.5. The molecular weight excluding hydrogens is 518 g/mol. The molecule has 7 nitrogen and oxygen atoms in total. The van der Waals surface area contributed by atoms with Crippen LogP contribution in [0.15, 0.2) is 0 Å². The van der Waals surface area contributed by atoms with Gasteiger partial charge in [0.15, 0.2) is 0 Å². The van der Waals surface area contributed by atoms with Gasteiger partial charge < -0.3 is 9.47 Å². The number of ether oxygens (including phenoxy) is 2. The molecule has 1 N–H and O–H groups in total. The van der Waals surface area contributed by atoms with Crippen LogP contribution < -0.4 is 0 Å². The van der Waals surface area contributed by atoms with Gasteiger partial charge in [-0.15, -0.1) is 0 Å². The van der Waals surface area contributed by atoms with E-state index >= 15 is 0 Å². The maximum atomic E-state index is 14.1. The Balaban J connectivity index is 1.08. The van der Waals surface area contributed by atoms with Crippen LogP contribution in [-0.4, -0.2) is 42.4 Å². The van der Waals surface area contributed by atoms with Gasteiger partial charge in [-0.25, -0.2) is 4.79 Å². The van der Waals surface area contributed by atoms with Gasteiger partial charge >= 0.3 is 27.3 Å². The van der Waals surface area contributed by atoms with Crippen molar-refractivity contribution in [2.24, 2.45) is 58.2 Å². The van der Waals surface area contributed by atoms with E-state index in [1.807, 2.05) is 6.92 Å². The number of halogens is 2. The van der Waals surface area contributed by atoms with Crippen LogP contribution in [0.4, 0.5) is 8.78 Å². The summed E-state index contributed by atoms with van der Waals surface area (Å²) in [5.74, 6) is 3.12. The lowest BCUT2D eigenvalue weighted by Crippen LogP contribution is -2.67. The number of hydrogen-bond donors (Lipinski definition) is 1. The zero-order valence-electron chi connectivity index (χ0n) is 21.9. The molecule has 38 heavy (non-hydrogen) atoms. The summed E-state index contributed by atoms with van der Waals surface area (Å²) in [4.78, 5) is 26.0. The predicted octanol–water partition coefficient (Wildman–Crippen LogP) is 4.99. The number of rotatable bonds is 6. The molecule has 0 aromatic carbocycles. The molecule has 10 bridgehead atoms. The van der Waals surface area contributed by atoms with Crippen molar-refractivity contribution in [3.05, 3.63) is 0 Å². The Morgan fingerprint density at radius 2 is 1.50 bits per heavy atom. The first-order valence-corrected chi connectivity index (χ1v) is 15.9. The first kappa shape index (κ1) is 25.7. The average Bonchev–Trinajstić information content (AvgIpc) is 2.84. The fourth-order valence-electron chi connectivity index (χ4n) is 11.5. The minimum atomic E-state index is -5.92. The summed E-state index contributed by atoms with van der Waals surface area (Å²) in [6, 6.07) is 0. The van der Waals surface area contributed by atoms with E-state index in [0.29, 0.717) is 37.0 Å². The van der Waals surface area contributed by atoms with E-state index in [-0.39, 0.29) is 11.9 Å². The highest BCUT2D eigenvalue weighted by atomic mass is 32.2. The lowest BCUT2D eigenvalue weighted by Gasteiger charge is -2.72. The molecule has 3 atom stereocenters. The molecule has 9 aliphatic rings. The molecule has 0 spiro atoms. The second-order valence-corrected chi connectivity index (χ2v) is 16.2. The van der Waals surface area contributed by atoms with E-state index in [1.54, 1.807) is 0 Å². The zero-order chi connectivity index (χ0) is 26.9. The highest BCUT2D eigenvalue weighted by molar-refractivity contribution is 7.87. The smallest absolute Gasteiger partial charge is 0.460 e. The lowest BCUT2D eigenvalue weighted by molar-refractivity contribution is -0.248. The Hall–Kier alpha value is -1.29. The van der Waals surface area contributed by atoms with Gasteiger partial charge in [-0.2, -0.15) is 17.2 Å². The Kier molecular flexibility index (Phi) is 5.35. The summed E-state index contributed by atoms with van der Waals surface area (Å²) < 4.78 is 69.5. The Morgan fingerprint density at radius 1 is 0.921 bits per heavy atom. The van der Waals surface area contributed by atoms with Crippen LogP contribution >= 0.6 is 0 Å². The van der Waals surface area contributed by atoms with Gasteiger partial charge in [-0.3, -0.25) is 9.35 Å². The van der Waals surface area contributed by atoms with Crippen LogP contribution in [0.25, 0.3) is 0 Å². The summed E-state index contributed by atoms with van der Waals surface area (Å²) in [6.45, 7) is 1.40. The van der Waals surface area contributed by atoms with Crippen molar-refractivity contribution in [2.45, 2.75) is 94.8 Å². The van der Waals surface area contributed by atoms with Crippen LogP contribution in [0.1, 0.15) is 84.0 Å². The molecule has 0 radical (unpaired) electrons. The van der Waals surface area contributed by atoms with E-state index in [4.69, 9.17) is 14.0 Å². The minimum absolute atomic E-state index is 0.0645. The molecule has 212 valence electrons. The van der Waals surface area contributed by atoms with Crippen molar-refractivity contribution >= 4 is 22.1 Å². The van der Waals surface area contributed by atoms with Crippen molar-refractivity contribution < 1.29 is 40.8 Å². The van der Waals surface area contributed by atoms with E-state index in [0.717, 1.165) is 62.2 Å². The summed E-state index contributed by atoms with van der Waals surface area (Å²) >= 11 is 0. The van der Waals surface area contributed by atoms with Gasteiger partial charge in [0.2, 0.25) is 0 Å². The molecular formula is C28H38F2O7S. The summed E-state index contributed by atoms with van der Waals surface area (Å²) in [5, 5.41) is -5.02. The fourth-order valence-corrected chi connectivity index (χ4v) is 11.7. The van der Waals surface area contributed by atoms with Crippen LogP contribution in [0, 0.1) is 58.2 Å². The predicted molar refractivity (Wildman–Crippen MR) is 130 cm³/mol. The quantitative estimate of drug-likeness (QED) is 0.363. The molecule has 0 aliphatic heterocycles. The lowest BCUT2D eigenvalue weighted by atomic mass is 9.33. The number of carbonyl (C=O) groups excluding carboxylic acids is 2. The average molecular weight is 557 g/mol. The summed E-state index contributed by atoms with van der Waals surface area (Å²) in [6.07, 6.45) is 11.2. The number of fused-ring (bicyclic) bond motifs is 2. The third kappa shape index (κ3) is 3.60. The monoisotopic (exact) mass is 556 g/mol. The highest BCUT2D eigenvalue weighted by Crippen LogP contribution is 2.74. The Morgan fingerprint density at radius 3 is 2.05 bits per heavy atom. The number of esters is 2. The molecule has 0 aromatic rings. The molecule has 0 saturated heterocycles. The molecule has 0 amide bonds. The van der Waals surface area contributed by atoms with E-state index < -0.39 is 44.4 Å². The number of hydrogen-bond acceptors (Lipinski definition) is 6. The van der Waals surface area contributed by atoms with Crippen LogP contribution in [0.5, 0.6) is 0 Å². The van der Waals surface area contributed by atoms with Gasteiger partial charge in [-0.1, -0.05) is 13.3 Å². The van der Waals surface area contributed by atoms with Crippen molar-refractivity contribution in [1.29, 1.82) is 0 Å². The van der Waals surface area contributed by atoms with Gasteiger partial charge in [0.1, 0.15) is 5.60 Å². The maximum absolute atomic E-state index is 14.1. The highest BCUT2D eigenvalue weighted by Gasteiger charge is 2.70. The third-order valence-corrected chi connectivity index (χ3v) is 13.1. The SMILES string of the molecule is CC1(COC(=O)C(F)(F)S(=O)(=O)O)CC2CCCC(OC(=O)C34CC5C6CC7CC5C(C3)C(C7)C6C4)(C2)C1. The number of carbonyl (C=O) groups is 2. The molecule has 9 fully saturated rings. The van der Waals surface area contributed by atoms with Crippen molar-refractivity contribution in [3.8, 4) is 0 Å². The van der Waals surface area contributed by atoms with Crippen LogP contribution in [0.2, 0.25) is 0 Å². The minimum Gasteiger partial charge on any atom is -0.460 e. The molecule has 10 heteroatoms. The maximum Gasteiger partial charge on any atom is 0.465 e.